The zero-order valence-corrected chi connectivity index (χ0v) is 21.3. The van der Waals surface area contributed by atoms with Crippen LogP contribution in [0.15, 0.2) is 47.1 Å². The van der Waals surface area contributed by atoms with Gasteiger partial charge < -0.3 is 5.32 Å². The topological polar surface area (TPSA) is 91.4 Å². The van der Waals surface area contributed by atoms with Crippen LogP contribution in [0.2, 0.25) is 15.1 Å². The van der Waals surface area contributed by atoms with Crippen molar-refractivity contribution in [2.45, 2.75) is 13.8 Å². The van der Waals surface area contributed by atoms with Crippen LogP contribution in [0.5, 0.6) is 0 Å². The molecule has 12 heteroatoms. The minimum Gasteiger partial charge on any atom is -0.350 e. The molecule has 0 saturated carbocycles. The highest BCUT2D eigenvalue weighted by molar-refractivity contribution is 7.15. The zero-order valence-electron chi connectivity index (χ0n) is 17.5. The molecule has 1 aromatic heterocycles. The predicted molar refractivity (Wildman–Crippen MR) is 136 cm³/mol. The van der Waals surface area contributed by atoms with Gasteiger partial charge in [-0.2, -0.15) is 0 Å². The summed E-state index contributed by atoms with van der Waals surface area (Å²) in [5.74, 6) is -1.90. The minimum atomic E-state index is -0.780. The molecule has 0 fully saturated rings. The molecule has 1 aliphatic rings. The lowest BCUT2D eigenvalue weighted by molar-refractivity contribution is -0.120. The predicted octanol–water partition coefficient (Wildman–Crippen LogP) is 6.41. The Morgan fingerprint density at radius 3 is 2.35 bits per heavy atom. The Morgan fingerprint density at radius 2 is 1.68 bits per heavy atom. The highest BCUT2D eigenvalue weighted by atomic mass is 35.5. The number of amides is 3. The van der Waals surface area contributed by atoms with Gasteiger partial charge in [-0.15, -0.1) is 11.3 Å². The van der Waals surface area contributed by atoms with Crippen LogP contribution >= 0.6 is 57.7 Å². The van der Waals surface area contributed by atoms with Crippen LogP contribution in [0.25, 0.3) is 0 Å². The van der Waals surface area contributed by atoms with Crippen molar-refractivity contribution in [1.82, 2.24) is 4.98 Å². The van der Waals surface area contributed by atoms with Crippen LogP contribution < -0.4 is 15.5 Å². The number of rotatable bonds is 5. The lowest BCUT2D eigenvalue weighted by Gasteiger charge is -2.17. The van der Waals surface area contributed by atoms with Crippen molar-refractivity contribution in [1.29, 1.82) is 0 Å². The van der Waals surface area contributed by atoms with Crippen LogP contribution in [0.1, 0.15) is 20.9 Å². The van der Waals surface area contributed by atoms with Crippen LogP contribution in [0, 0.1) is 13.8 Å². The van der Waals surface area contributed by atoms with Crippen LogP contribution in [-0.2, 0) is 9.59 Å². The number of carbonyl (C=O) groups is 3. The van der Waals surface area contributed by atoms with Gasteiger partial charge in [0.15, 0.2) is 5.13 Å². The van der Waals surface area contributed by atoms with Gasteiger partial charge in [0.2, 0.25) is 0 Å². The SMILES string of the molecule is Cc1nc(NC(=O)c2cccc(NC3=C(Cl)C(=O)N(c4cc(Cl)c(Cl)cc4Cl)C3=O)c2)sc1C. The third kappa shape index (κ3) is 4.64. The van der Waals surface area contributed by atoms with E-state index in [2.05, 4.69) is 15.6 Å². The van der Waals surface area contributed by atoms with Crippen LogP contribution in [-0.4, -0.2) is 22.7 Å². The third-order valence-electron chi connectivity index (χ3n) is 4.90. The van der Waals surface area contributed by atoms with Gasteiger partial charge in [-0.25, -0.2) is 9.88 Å². The molecule has 0 saturated heterocycles. The highest BCUT2D eigenvalue weighted by Gasteiger charge is 2.40. The Kier molecular flexibility index (Phi) is 6.89. The van der Waals surface area contributed by atoms with Gasteiger partial charge in [-0.1, -0.05) is 52.5 Å². The molecular weight excluding hydrogens is 542 g/mol. The number of hydrogen-bond acceptors (Lipinski definition) is 6. The monoisotopic (exact) mass is 554 g/mol. The molecule has 0 unspecified atom stereocenters. The molecule has 174 valence electrons. The quantitative estimate of drug-likeness (QED) is 0.280. The lowest BCUT2D eigenvalue weighted by Crippen LogP contribution is -2.32. The van der Waals surface area contributed by atoms with Gasteiger partial charge in [0.25, 0.3) is 17.7 Å². The van der Waals surface area contributed by atoms with Gasteiger partial charge in [-0.05, 0) is 44.2 Å². The van der Waals surface area contributed by atoms with E-state index < -0.39 is 11.8 Å². The number of nitrogens with one attached hydrogen (secondary N) is 2. The molecule has 0 radical (unpaired) electrons. The van der Waals surface area contributed by atoms with Crippen molar-refractivity contribution in [2.24, 2.45) is 0 Å². The maximum absolute atomic E-state index is 13.1. The molecule has 2 N–H and O–H groups in total. The third-order valence-corrected chi connectivity index (χ3v) is 7.26. The second-order valence-corrected chi connectivity index (χ2v) is 9.98. The summed E-state index contributed by atoms with van der Waals surface area (Å²) in [5, 5.41) is 6.05. The summed E-state index contributed by atoms with van der Waals surface area (Å²) in [5.41, 5.74) is 1.40. The number of benzene rings is 2. The summed E-state index contributed by atoms with van der Waals surface area (Å²) in [6, 6.07) is 9.01. The van der Waals surface area contributed by atoms with Crippen molar-refractivity contribution in [3.8, 4) is 0 Å². The second-order valence-electron chi connectivity index (χ2n) is 7.17. The van der Waals surface area contributed by atoms with E-state index in [0.29, 0.717) is 16.4 Å². The second kappa shape index (κ2) is 9.56. The Morgan fingerprint density at radius 1 is 0.971 bits per heavy atom. The molecule has 2 aromatic carbocycles. The molecule has 0 spiro atoms. The van der Waals surface area contributed by atoms with Gasteiger partial charge in [0, 0.05) is 16.1 Å². The summed E-state index contributed by atoms with van der Waals surface area (Å²) < 4.78 is 0. The average molecular weight is 556 g/mol. The fourth-order valence-electron chi connectivity index (χ4n) is 3.09. The average Bonchev–Trinajstić information content (AvgIpc) is 3.21. The number of halogens is 4. The van der Waals surface area contributed by atoms with E-state index in [4.69, 9.17) is 46.4 Å². The molecule has 7 nitrogen and oxygen atoms in total. The molecule has 0 atom stereocenters. The fraction of sp³-hybridized carbons (Fsp3) is 0.0909. The standard InChI is InChI=1S/C22H14Cl4N4O3S/c1-9-10(2)34-22(27-9)29-19(31)11-4-3-5-12(6-11)28-18-17(26)20(32)30(21(18)33)16-8-14(24)13(23)7-15(16)25/h3-8,28H,1-2H3,(H,27,29,31). The van der Waals surface area contributed by atoms with Crippen molar-refractivity contribution in [3.63, 3.8) is 0 Å². The smallest absolute Gasteiger partial charge is 0.283 e. The first kappa shape index (κ1) is 24.5. The van der Waals surface area contributed by atoms with E-state index in [1.54, 1.807) is 18.2 Å². The van der Waals surface area contributed by atoms with Crippen LogP contribution in [0.4, 0.5) is 16.5 Å². The summed E-state index contributed by atoms with van der Waals surface area (Å²) in [6.45, 7) is 3.77. The Labute approximate surface area is 218 Å². The Balaban J connectivity index is 1.57. The van der Waals surface area contributed by atoms with E-state index in [-0.39, 0.29) is 37.4 Å². The molecule has 2 heterocycles. The number of anilines is 3. The van der Waals surface area contributed by atoms with Crippen LogP contribution in [0.3, 0.4) is 0 Å². The van der Waals surface area contributed by atoms with E-state index in [0.717, 1.165) is 15.5 Å². The van der Waals surface area contributed by atoms with Gasteiger partial charge in [-0.3, -0.25) is 19.7 Å². The number of nitrogens with zero attached hydrogens (tertiary/aromatic N) is 2. The fourth-order valence-corrected chi connectivity index (χ4v) is 4.74. The molecule has 4 rings (SSSR count). The summed E-state index contributed by atoms with van der Waals surface area (Å²) >= 11 is 25.7. The van der Waals surface area contributed by atoms with E-state index in [9.17, 15) is 14.4 Å². The van der Waals surface area contributed by atoms with Gasteiger partial charge in [0.1, 0.15) is 10.7 Å². The number of imide groups is 1. The number of aromatic nitrogens is 1. The summed E-state index contributed by atoms with van der Waals surface area (Å²) in [4.78, 5) is 44.6. The molecule has 3 amide bonds. The molecule has 0 bridgehead atoms. The van der Waals surface area contributed by atoms with Gasteiger partial charge in [0.05, 0.1) is 26.4 Å². The maximum atomic E-state index is 13.1. The maximum Gasteiger partial charge on any atom is 0.283 e. The number of carbonyl (C=O) groups excluding carboxylic acids is 3. The molecular formula is C22H14Cl4N4O3S. The zero-order chi connectivity index (χ0) is 24.7. The van der Waals surface area contributed by atoms with Crippen molar-refractivity contribution < 1.29 is 14.4 Å². The largest absolute Gasteiger partial charge is 0.350 e. The Hall–Kier alpha value is -2.62. The Bertz CT molecular complexity index is 1380. The van der Waals surface area contributed by atoms with Gasteiger partial charge >= 0.3 is 0 Å². The van der Waals surface area contributed by atoms with Crippen molar-refractivity contribution >= 4 is 92.0 Å². The number of hydrogen-bond donors (Lipinski definition) is 2. The summed E-state index contributed by atoms with van der Waals surface area (Å²) in [7, 11) is 0. The van der Waals surface area contributed by atoms with Crippen molar-refractivity contribution in [2.75, 3.05) is 15.5 Å². The highest BCUT2D eigenvalue weighted by Crippen LogP contribution is 2.38. The first-order chi connectivity index (χ1) is 16.1. The van der Waals surface area contributed by atoms with Crippen molar-refractivity contribution in [3.05, 3.63) is 78.3 Å². The first-order valence-corrected chi connectivity index (χ1v) is 11.9. The van der Waals surface area contributed by atoms with E-state index >= 15 is 0 Å². The molecule has 3 aromatic rings. The molecule has 0 aliphatic carbocycles. The van der Waals surface area contributed by atoms with E-state index in [1.807, 2.05) is 13.8 Å². The lowest BCUT2D eigenvalue weighted by atomic mass is 10.2. The molecule has 1 aliphatic heterocycles. The molecule has 34 heavy (non-hydrogen) atoms. The minimum absolute atomic E-state index is 0.0446. The number of aryl methyl sites for hydroxylation is 2. The first-order valence-electron chi connectivity index (χ1n) is 9.62. The van der Waals surface area contributed by atoms with E-state index in [1.165, 1.54) is 29.5 Å². The normalized spacial score (nSPS) is 13.6. The summed E-state index contributed by atoms with van der Waals surface area (Å²) in [6.07, 6.45) is 0. The number of thiazole rings is 1.